The maximum absolute atomic E-state index is 10.9. The molecule has 0 aromatic heterocycles. The van der Waals surface area contributed by atoms with Gasteiger partial charge in [0.2, 0.25) is 0 Å². The molecule has 0 aliphatic heterocycles. The van der Waals surface area contributed by atoms with E-state index in [1.807, 2.05) is 18.2 Å². The van der Waals surface area contributed by atoms with Gasteiger partial charge in [0, 0.05) is 6.54 Å². The van der Waals surface area contributed by atoms with Gasteiger partial charge in [-0.1, -0.05) is 30.3 Å². The molecule has 19 heavy (non-hydrogen) atoms. The molecule has 2 aromatic rings. The second-order valence-corrected chi connectivity index (χ2v) is 4.27. The van der Waals surface area contributed by atoms with Crippen LogP contribution in [-0.2, 0) is 6.42 Å². The summed E-state index contributed by atoms with van der Waals surface area (Å²) in [6, 6.07) is 14.7. The van der Waals surface area contributed by atoms with Crippen molar-refractivity contribution in [1.82, 2.24) is 0 Å². The highest BCUT2D eigenvalue weighted by atomic mass is 16.4. The highest BCUT2D eigenvalue weighted by molar-refractivity contribution is 5.90. The fourth-order valence-corrected chi connectivity index (χ4v) is 1.83. The third kappa shape index (κ3) is 3.48. The third-order valence-electron chi connectivity index (χ3n) is 2.87. The summed E-state index contributed by atoms with van der Waals surface area (Å²) in [5, 5.41) is 12.1. The Kier molecular flexibility index (Phi) is 4.03. The Morgan fingerprint density at radius 3 is 2.58 bits per heavy atom. The average Bonchev–Trinajstić information content (AvgIpc) is 2.42. The minimum atomic E-state index is -0.953. The molecule has 0 radical (unpaired) electrons. The first-order chi connectivity index (χ1) is 9.16. The largest absolute Gasteiger partial charge is 0.478 e. The van der Waals surface area contributed by atoms with E-state index in [0.29, 0.717) is 17.9 Å². The average molecular weight is 256 g/mol. The second-order valence-electron chi connectivity index (χ2n) is 4.27. The van der Waals surface area contributed by atoms with Crippen molar-refractivity contribution < 1.29 is 9.90 Å². The van der Waals surface area contributed by atoms with E-state index in [1.54, 1.807) is 12.1 Å². The van der Waals surface area contributed by atoms with Crippen LogP contribution in [0.5, 0.6) is 0 Å². The van der Waals surface area contributed by atoms with Gasteiger partial charge in [-0.25, -0.2) is 4.79 Å². The van der Waals surface area contributed by atoms with Crippen LogP contribution in [-0.4, -0.2) is 17.6 Å². The lowest BCUT2D eigenvalue weighted by Crippen LogP contribution is -2.08. The molecule has 2 rings (SSSR count). The van der Waals surface area contributed by atoms with E-state index in [9.17, 15) is 4.79 Å². The predicted molar refractivity (Wildman–Crippen MR) is 76.4 cm³/mol. The number of nitrogens with two attached hydrogens (primary N) is 1. The molecule has 4 heteroatoms. The molecule has 0 fully saturated rings. The fourth-order valence-electron chi connectivity index (χ4n) is 1.83. The Morgan fingerprint density at radius 1 is 1.16 bits per heavy atom. The number of rotatable bonds is 5. The van der Waals surface area contributed by atoms with E-state index < -0.39 is 5.97 Å². The van der Waals surface area contributed by atoms with E-state index in [2.05, 4.69) is 17.4 Å². The lowest BCUT2D eigenvalue weighted by atomic mass is 10.1. The monoisotopic (exact) mass is 256 g/mol. The van der Waals surface area contributed by atoms with Gasteiger partial charge in [0.1, 0.15) is 0 Å². The minimum absolute atomic E-state index is 0.233. The Labute approximate surface area is 111 Å². The number of benzene rings is 2. The molecule has 0 unspecified atom stereocenters. The Morgan fingerprint density at radius 2 is 1.89 bits per heavy atom. The van der Waals surface area contributed by atoms with Crippen LogP contribution in [0.1, 0.15) is 15.9 Å². The van der Waals surface area contributed by atoms with E-state index in [4.69, 9.17) is 10.8 Å². The molecule has 2 aromatic carbocycles. The van der Waals surface area contributed by atoms with Gasteiger partial charge >= 0.3 is 5.97 Å². The van der Waals surface area contributed by atoms with Crippen molar-refractivity contribution >= 4 is 17.3 Å². The number of hydrogen-bond donors (Lipinski definition) is 3. The SMILES string of the molecule is Nc1ccc(C(=O)O)cc1NCCc1ccccc1. The van der Waals surface area contributed by atoms with Crippen LogP contribution in [0.3, 0.4) is 0 Å². The number of hydrogen-bond acceptors (Lipinski definition) is 3. The number of aromatic carboxylic acids is 1. The van der Waals surface area contributed by atoms with Crippen LogP contribution in [0.25, 0.3) is 0 Å². The first-order valence-corrected chi connectivity index (χ1v) is 6.07. The van der Waals surface area contributed by atoms with Gasteiger partial charge in [-0.2, -0.15) is 0 Å². The molecule has 0 aliphatic rings. The normalized spacial score (nSPS) is 10.1. The number of nitrogen functional groups attached to an aromatic ring is 1. The second kappa shape index (κ2) is 5.91. The summed E-state index contributed by atoms with van der Waals surface area (Å²) in [7, 11) is 0. The Balaban J connectivity index is 1.99. The number of carboxylic acid groups (broad SMARTS) is 1. The summed E-state index contributed by atoms with van der Waals surface area (Å²) in [5.74, 6) is -0.953. The highest BCUT2D eigenvalue weighted by Gasteiger charge is 2.06. The summed E-state index contributed by atoms with van der Waals surface area (Å²) in [4.78, 5) is 10.9. The van der Waals surface area contributed by atoms with Gasteiger partial charge in [-0.05, 0) is 30.2 Å². The topological polar surface area (TPSA) is 75.4 Å². The summed E-state index contributed by atoms with van der Waals surface area (Å²) in [6.07, 6.45) is 0.859. The molecular formula is C15H16N2O2. The molecule has 0 saturated heterocycles. The van der Waals surface area contributed by atoms with Gasteiger partial charge in [0.05, 0.1) is 16.9 Å². The van der Waals surface area contributed by atoms with Crippen molar-refractivity contribution in [3.63, 3.8) is 0 Å². The van der Waals surface area contributed by atoms with Crippen LogP contribution in [0.2, 0.25) is 0 Å². The van der Waals surface area contributed by atoms with Crippen molar-refractivity contribution in [2.24, 2.45) is 0 Å². The van der Waals surface area contributed by atoms with Crippen LogP contribution < -0.4 is 11.1 Å². The predicted octanol–water partition coefficient (Wildman–Crippen LogP) is 2.62. The van der Waals surface area contributed by atoms with Crippen LogP contribution >= 0.6 is 0 Å². The van der Waals surface area contributed by atoms with E-state index in [1.165, 1.54) is 11.6 Å². The number of carbonyl (C=O) groups is 1. The van der Waals surface area contributed by atoms with E-state index in [0.717, 1.165) is 6.42 Å². The smallest absolute Gasteiger partial charge is 0.335 e. The van der Waals surface area contributed by atoms with Gasteiger partial charge in [-0.15, -0.1) is 0 Å². The van der Waals surface area contributed by atoms with Crippen LogP contribution in [0, 0.1) is 0 Å². The molecule has 0 atom stereocenters. The van der Waals surface area contributed by atoms with Crippen LogP contribution in [0.4, 0.5) is 11.4 Å². The van der Waals surface area contributed by atoms with Crippen LogP contribution in [0.15, 0.2) is 48.5 Å². The zero-order valence-electron chi connectivity index (χ0n) is 10.5. The van der Waals surface area contributed by atoms with Crippen molar-refractivity contribution in [3.05, 3.63) is 59.7 Å². The molecule has 0 saturated carbocycles. The minimum Gasteiger partial charge on any atom is -0.478 e. The van der Waals surface area contributed by atoms with Crippen molar-refractivity contribution in [1.29, 1.82) is 0 Å². The molecule has 0 spiro atoms. The highest BCUT2D eigenvalue weighted by Crippen LogP contribution is 2.20. The molecule has 4 N–H and O–H groups in total. The number of anilines is 2. The fraction of sp³-hybridized carbons (Fsp3) is 0.133. The quantitative estimate of drug-likeness (QED) is 0.719. The van der Waals surface area contributed by atoms with Gasteiger partial charge in [0.25, 0.3) is 0 Å². The molecule has 0 aliphatic carbocycles. The third-order valence-corrected chi connectivity index (χ3v) is 2.87. The summed E-state index contributed by atoms with van der Waals surface area (Å²) >= 11 is 0. The van der Waals surface area contributed by atoms with E-state index >= 15 is 0 Å². The summed E-state index contributed by atoms with van der Waals surface area (Å²) in [5.41, 5.74) is 8.49. The maximum atomic E-state index is 10.9. The van der Waals surface area contributed by atoms with Gasteiger partial charge < -0.3 is 16.2 Å². The Bertz CT molecular complexity index is 568. The lowest BCUT2D eigenvalue weighted by molar-refractivity contribution is 0.0697. The lowest BCUT2D eigenvalue weighted by Gasteiger charge is -2.10. The molecule has 0 heterocycles. The maximum Gasteiger partial charge on any atom is 0.335 e. The molecule has 0 bridgehead atoms. The van der Waals surface area contributed by atoms with Crippen molar-refractivity contribution in [3.8, 4) is 0 Å². The summed E-state index contributed by atoms with van der Waals surface area (Å²) < 4.78 is 0. The standard InChI is InChI=1S/C15H16N2O2/c16-13-7-6-12(15(18)19)10-14(13)17-9-8-11-4-2-1-3-5-11/h1-7,10,17H,8-9,16H2,(H,18,19). The first-order valence-electron chi connectivity index (χ1n) is 6.07. The van der Waals surface area contributed by atoms with E-state index in [-0.39, 0.29) is 5.56 Å². The number of nitrogens with one attached hydrogen (secondary N) is 1. The zero-order chi connectivity index (χ0) is 13.7. The molecular weight excluding hydrogens is 240 g/mol. The van der Waals surface area contributed by atoms with Crippen molar-refractivity contribution in [2.45, 2.75) is 6.42 Å². The Hall–Kier alpha value is -2.49. The zero-order valence-corrected chi connectivity index (χ0v) is 10.5. The van der Waals surface area contributed by atoms with Crippen molar-refractivity contribution in [2.75, 3.05) is 17.6 Å². The first kappa shape index (κ1) is 13.0. The van der Waals surface area contributed by atoms with Gasteiger partial charge in [-0.3, -0.25) is 0 Å². The molecule has 4 nitrogen and oxygen atoms in total. The molecule has 98 valence electrons. The van der Waals surface area contributed by atoms with Gasteiger partial charge in [0.15, 0.2) is 0 Å². The summed E-state index contributed by atoms with van der Waals surface area (Å²) in [6.45, 7) is 0.706. The number of carboxylic acids is 1. The molecule has 0 amide bonds.